The summed E-state index contributed by atoms with van der Waals surface area (Å²) >= 11 is 0. The number of hydrogen-bond donors (Lipinski definition) is 1. The van der Waals surface area contributed by atoms with Gasteiger partial charge in [-0.15, -0.1) is 0 Å². The lowest BCUT2D eigenvalue weighted by molar-refractivity contribution is 0.466. The van der Waals surface area contributed by atoms with Crippen LogP contribution < -0.4 is 5.73 Å². The first-order chi connectivity index (χ1) is 5.24. The summed E-state index contributed by atoms with van der Waals surface area (Å²) in [6.45, 7) is 5.64. The Morgan fingerprint density at radius 1 is 1.64 bits per heavy atom. The summed E-state index contributed by atoms with van der Waals surface area (Å²) in [4.78, 5) is 4.01. The van der Waals surface area contributed by atoms with Crippen LogP contribution in [-0.4, -0.2) is 14.8 Å². The summed E-state index contributed by atoms with van der Waals surface area (Å²) in [7, 11) is 0. The summed E-state index contributed by atoms with van der Waals surface area (Å²) in [6, 6.07) is 0. The molecule has 1 aromatic rings. The first-order valence-corrected chi connectivity index (χ1v) is 3.80. The van der Waals surface area contributed by atoms with Crippen LogP contribution >= 0.6 is 0 Å². The summed E-state index contributed by atoms with van der Waals surface area (Å²) < 4.78 is 1.85. The molecule has 0 aliphatic rings. The fraction of sp³-hybridized carbons (Fsp3) is 0.714. The van der Waals surface area contributed by atoms with Gasteiger partial charge in [0.1, 0.15) is 12.2 Å². The van der Waals surface area contributed by atoms with E-state index < -0.39 is 0 Å². The van der Waals surface area contributed by atoms with Crippen LogP contribution in [0.25, 0.3) is 0 Å². The predicted molar refractivity (Wildman–Crippen MR) is 42.8 cm³/mol. The van der Waals surface area contributed by atoms with Gasteiger partial charge in [-0.05, 0) is 5.92 Å². The molecule has 4 nitrogen and oxygen atoms in total. The average Bonchev–Trinajstić information content (AvgIpc) is 2.34. The second-order valence-electron chi connectivity index (χ2n) is 2.96. The van der Waals surface area contributed by atoms with E-state index in [2.05, 4.69) is 23.9 Å². The molecule has 0 atom stereocenters. The molecule has 0 spiro atoms. The minimum Gasteiger partial charge on any atom is -0.324 e. The van der Waals surface area contributed by atoms with Crippen LogP contribution in [0.1, 0.15) is 19.7 Å². The number of aromatic nitrogens is 3. The smallest absolute Gasteiger partial charge is 0.140 e. The fourth-order valence-electron chi connectivity index (χ4n) is 0.945. The van der Waals surface area contributed by atoms with E-state index >= 15 is 0 Å². The van der Waals surface area contributed by atoms with Crippen molar-refractivity contribution in [3.63, 3.8) is 0 Å². The van der Waals surface area contributed by atoms with Crippen LogP contribution in [0.2, 0.25) is 0 Å². The zero-order valence-electron chi connectivity index (χ0n) is 6.99. The normalized spacial score (nSPS) is 10.9. The molecule has 11 heavy (non-hydrogen) atoms. The van der Waals surface area contributed by atoms with Gasteiger partial charge in [-0.2, -0.15) is 5.10 Å². The minimum absolute atomic E-state index is 0.465. The molecule has 0 radical (unpaired) electrons. The SMILES string of the molecule is CC(C)Cn1ncnc1CN. The van der Waals surface area contributed by atoms with Crippen molar-refractivity contribution in [2.75, 3.05) is 0 Å². The second kappa shape index (κ2) is 3.48. The summed E-state index contributed by atoms with van der Waals surface area (Å²) in [6.07, 6.45) is 1.55. The molecule has 2 N–H and O–H groups in total. The van der Waals surface area contributed by atoms with E-state index in [0.717, 1.165) is 12.4 Å². The monoisotopic (exact) mass is 154 g/mol. The van der Waals surface area contributed by atoms with Gasteiger partial charge in [-0.3, -0.25) is 0 Å². The summed E-state index contributed by atoms with van der Waals surface area (Å²) in [5.41, 5.74) is 5.45. The van der Waals surface area contributed by atoms with E-state index in [1.165, 1.54) is 0 Å². The molecule has 0 amide bonds. The largest absolute Gasteiger partial charge is 0.324 e. The Morgan fingerprint density at radius 3 is 2.91 bits per heavy atom. The van der Waals surface area contributed by atoms with Crippen molar-refractivity contribution in [1.82, 2.24) is 14.8 Å². The van der Waals surface area contributed by atoms with E-state index in [9.17, 15) is 0 Å². The third-order valence-corrected chi connectivity index (χ3v) is 1.42. The van der Waals surface area contributed by atoms with E-state index in [1.807, 2.05) is 4.68 Å². The predicted octanol–water partition coefficient (Wildman–Crippen LogP) is 0.393. The Hall–Kier alpha value is -0.900. The first kappa shape index (κ1) is 8.20. The number of nitrogens with zero attached hydrogens (tertiary/aromatic N) is 3. The van der Waals surface area contributed by atoms with Gasteiger partial charge in [-0.25, -0.2) is 9.67 Å². The second-order valence-corrected chi connectivity index (χ2v) is 2.96. The molecule has 62 valence electrons. The van der Waals surface area contributed by atoms with Crippen LogP contribution in [0, 0.1) is 5.92 Å². The topological polar surface area (TPSA) is 56.7 Å². The maximum Gasteiger partial charge on any atom is 0.140 e. The van der Waals surface area contributed by atoms with Crippen molar-refractivity contribution in [1.29, 1.82) is 0 Å². The van der Waals surface area contributed by atoms with Crippen molar-refractivity contribution in [3.05, 3.63) is 12.2 Å². The Bertz CT molecular complexity index is 216. The van der Waals surface area contributed by atoms with Crippen molar-refractivity contribution in [3.8, 4) is 0 Å². The van der Waals surface area contributed by atoms with Crippen molar-refractivity contribution in [2.45, 2.75) is 26.9 Å². The van der Waals surface area contributed by atoms with E-state index in [0.29, 0.717) is 12.5 Å². The molecule has 1 aromatic heterocycles. The Kier molecular flexibility index (Phi) is 2.59. The molecule has 0 saturated carbocycles. The average molecular weight is 154 g/mol. The van der Waals surface area contributed by atoms with Crippen LogP contribution in [0.5, 0.6) is 0 Å². The quantitative estimate of drug-likeness (QED) is 0.685. The van der Waals surface area contributed by atoms with E-state index in [-0.39, 0.29) is 0 Å². The van der Waals surface area contributed by atoms with Crippen LogP contribution in [0.15, 0.2) is 6.33 Å². The first-order valence-electron chi connectivity index (χ1n) is 3.80. The van der Waals surface area contributed by atoms with Crippen molar-refractivity contribution in [2.24, 2.45) is 11.7 Å². The van der Waals surface area contributed by atoms with Crippen LogP contribution in [-0.2, 0) is 13.1 Å². The zero-order valence-corrected chi connectivity index (χ0v) is 6.99. The maximum atomic E-state index is 5.45. The highest BCUT2D eigenvalue weighted by molar-refractivity contribution is 4.82. The van der Waals surface area contributed by atoms with Gasteiger partial charge in [0.05, 0.1) is 6.54 Å². The lowest BCUT2D eigenvalue weighted by Crippen LogP contribution is -2.13. The Labute approximate surface area is 66.4 Å². The highest BCUT2D eigenvalue weighted by atomic mass is 15.3. The van der Waals surface area contributed by atoms with Crippen molar-refractivity contribution < 1.29 is 0 Å². The lowest BCUT2D eigenvalue weighted by atomic mass is 10.2. The third-order valence-electron chi connectivity index (χ3n) is 1.42. The zero-order chi connectivity index (χ0) is 8.27. The molecule has 0 fully saturated rings. The van der Waals surface area contributed by atoms with Crippen molar-refractivity contribution >= 4 is 0 Å². The van der Waals surface area contributed by atoms with Gasteiger partial charge in [0.2, 0.25) is 0 Å². The minimum atomic E-state index is 0.465. The molecule has 0 bridgehead atoms. The Balaban J connectivity index is 2.68. The highest BCUT2D eigenvalue weighted by Gasteiger charge is 2.02. The lowest BCUT2D eigenvalue weighted by Gasteiger charge is -2.06. The fourth-order valence-corrected chi connectivity index (χ4v) is 0.945. The molecule has 4 heteroatoms. The number of hydrogen-bond acceptors (Lipinski definition) is 3. The molecule has 0 unspecified atom stereocenters. The van der Waals surface area contributed by atoms with Crippen LogP contribution in [0.3, 0.4) is 0 Å². The number of rotatable bonds is 3. The maximum absolute atomic E-state index is 5.45. The van der Waals surface area contributed by atoms with Gasteiger partial charge >= 0.3 is 0 Å². The van der Waals surface area contributed by atoms with Gasteiger partial charge in [0.25, 0.3) is 0 Å². The van der Waals surface area contributed by atoms with Gasteiger partial charge in [0, 0.05) is 6.54 Å². The molecule has 1 rings (SSSR count). The molecule has 0 aromatic carbocycles. The van der Waals surface area contributed by atoms with Crippen LogP contribution in [0.4, 0.5) is 0 Å². The molecule has 0 aliphatic carbocycles. The molecule has 0 saturated heterocycles. The van der Waals surface area contributed by atoms with Gasteiger partial charge in [-0.1, -0.05) is 13.8 Å². The molecular formula is C7H14N4. The Morgan fingerprint density at radius 2 is 2.36 bits per heavy atom. The molecule has 1 heterocycles. The summed E-state index contributed by atoms with van der Waals surface area (Å²) in [5.74, 6) is 1.45. The third kappa shape index (κ3) is 2.01. The van der Waals surface area contributed by atoms with Gasteiger partial charge < -0.3 is 5.73 Å². The molecular weight excluding hydrogens is 140 g/mol. The van der Waals surface area contributed by atoms with E-state index in [1.54, 1.807) is 6.33 Å². The highest BCUT2D eigenvalue weighted by Crippen LogP contribution is 1.99. The van der Waals surface area contributed by atoms with Gasteiger partial charge in [0.15, 0.2) is 0 Å². The standard InChI is InChI=1S/C7H14N4/c1-6(2)4-11-7(3-8)9-5-10-11/h5-6H,3-4,8H2,1-2H3. The summed E-state index contributed by atoms with van der Waals surface area (Å²) in [5, 5.41) is 4.05. The molecule has 0 aliphatic heterocycles. The number of nitrogens with two attached hydrogens (primary N) is 1. The van der Waals surface area contributed by atoms with E-state index in [4.69, 9.17) is 5.73 Å².